The molecule has 0 saturated heterocycles. The predicted octanol–water partition coefficient (Wildman–Crippen LogP) is 0.249. The Hall–Kier alpha value is -0.610. The van der Waals surface area contributed by atoms with Crippen LogP contribution < -0.4 is 11.1 Å². The molecule has 0 aromatic rings. The zero-order valence-electron chi connectivity index (χ0n) is 9.12. The molecule has 4 nitrogen and oxygen atoms in total. The number of hydrogen-bond donors (Lipinski definition) is 3. The lowest BCUT2D eigenvalue weighted by Gasteiger charge is -2.15. The van der Waals surface area contributed by atoms with Gasteiger partial charge in [-0.15, -0.1) is 0 Å². The first kappa shape index (κ1) is 13.4. The summed E-state index contributed by atoms with van der Waals surface area (Å²) >= 11 is 0. The van der Waals surface area contributed by atoms with Crippen molar-refractivity contribution >= 4 is 5.91 Å². The topological polar surface area (TPSA) is 75.4 Å². The summed E-state index contributed by atoms with van der Waals surface area (Å²) in [5, 5.41) is 11.5. The third-order valence-electron chi connectivity index (χ3n) is 2.35. The van der Waals surface area contributed by atoms with E-state index in [1.165, 1.54) is 0 Å². The molecule has 0 aliphatic rings. The van der Waals surface area contributed by atoms with Crippen molar-refractivity contribution in [3.8, 4) is 0 Å². The number of amides is 1. The Kier molecular flexibility index (Phi) is 7.42. The molecule has 0 aliphatic carbocycles. The summed E-state index contributed by atoms with van der Waals surface area (Å²) in [6, 6.07) is 0.0442. The van der Waals surface area contributed by atoms with E-state index >= 15 is 0 Å². The van der Waals surface area contributed by atoms with E-state index in [2.05, 4.69) is 5.32 Å². The van der Waals surface area contributed by atoms with Crippen LogP contribution in [0.1, 0.15) is 33.1 Å². The summed E-state index contributed by atoms with van der Waals surface area (Å²) in [5.74, 6) is 0.305. The summed E-state index contributed by atoms with van der Waals surface area (Å²) in [6.45, 7) is 4.58. The first-order valence-electron chi connectivity index (χ1n) is 5.24. The van der Waals surface area contributed by atoms with Gasteiger partial charge in [0, 0.05) is 19.1 Å². The van der Waals surface area contributed by atoms with E-state index in [-0.39, 0.29) is 24.5 Å². The van der Waals surface area contributed by atoms with Crippen molar-refractivity contribution in [1.82, 2.24) is 5.32 Å². The molecule has 4 N–H and O–H groups in total. The molecule has 0 fully saturated rings. The Bertz CT molecular complexity index is 158. The first-order valence-corrected chi connectivity index (χ1v) is 5.24. The quantitative estimate of drug-likeness (QED) is 0.554. The molecule has 1 amide bonds. The van der Waals surface area contributed by atoms with E-state index in [9.17, 15) is 4.79 Å². The lowest BCUT2D eigenvalue weighted by molar-refractivity contribution is -0.122. The van der Waals surface area contributed by atoms with E-state index in [1.54, 1.807) is 0 Å². The van der Waals surface area contributed by atoms with Gasteiger partial charge >= 0.3 is 0 Å². The summed E-state index contributed by atoms with van der Waals surface area (Å²) in [4.78, 5) is 11.4. The highest BCUT2D eigenvalue weighted by atomic mass is 16.3. The molecule has 0 aromatic carbocycles. The Morgan fingerprint density at radius 1 is 1.57 bits per heavy atom. The van der Waals surface area contributed by atoms with Crippen molar-refractivity contribution in [2.45, 2.75) is 39.2 Å². The summed E-state index contributed by atoms with van der Waals surface area (Å²) < 4.78 is 0. The maximum absolute atomic E-state index is 11.4. The van der Waals surface area contributed by atoms with Crippen LogP contribution in [0.5, 0.6) is 0 Å². The van der Waals surface area contributed by atoms with Gasteiger partial charge < -0.3 is 16.2 Å². The molecule has 0 saturated carbocycles. The van der Waals surface area contributed by atoms with E-state index < -0.39 is 0 Å². The molecule has 0 bridgehead atoms. The van der Waals surface area contributed by atoms with Crippen LogP contribution >= 0.6 is 0 Å². The SMILES string of the molecule is CCC(CN)CC(=O)NC(C)CCO. The second-order valence-electron chi connectivity index (χ2n) is 3.69. The number of aliphatic hydroxyl groups is 1. The average molecular weight is 202 g/mol. The molecule has 84 valence electrons. The van der Waals surface area contributed by atoms with Gasteiger partial charge in [-0.2, -0.15) is 0 Å². The number of aliphatic hydroxyl groups excluding tert-OH is 1. The molecule has 14 heavy (non-hydrogen) atoms. The van der Waals surface area contributed by atoms with Gasteiger partial charge in [0.15, 0.2) is 0 Å². The number of hydrogen-bond acceptors (Lipinski definition) is 3. The molecule has 0 radical (unpaired) electrons. The predicted molar refractivity (Wildman–Crippen MR) is 56.8 cm³/mol. The van der Waals surface area contributed by atoms with Crippen LogP contribution in [-0.2, 0) is 4.79 Å². The average Bonchev–Trinajstić information content (AvgIpc) is 2.14. The van der Waals surface area contributed by atoms with Gasteiger partial charge in [-0.1, -0.05) is 13.3 Å². The molecule has 0 aliphatic heterocycles. The van der Waals surface area contributed by atoms with Gasteiger partial charge in [-0.05, 0) is 25.8 Å². The molecule has 4 heteroatoms. The van der Waals surface area contributed by atoms with Crippen molar-refractivity contribution in [3.63, 3.8) is 0 Å². The van der Waals surface area contributed by atoms with Gasteiger partial charge in [0.25, 0.3) is 0 Å². The highest BCUT2D eigenvalue weighted by Crippen LogP contribution is 2.05. The second kappa shape index (κ2) is 7.76. The van der Waals surface area contributed by atoms with Crippen LogP contribution in [-0.4, -0.2) is 30.2 Å². The van der Waals surface area contributed by atoms with E-state index in [0.29, 0.717) is 19.4 Å². The molecule has 0 spiro atoms. The molecule has 0 heterocycles. The van der Waals surface area contributed by atoms with Crippen molar-refractivity contribution in [2.75, 3.05) is 13.2 Å². The minimum absolute atomic E-state index is 0.0308. The molecular weight excluding hydrogens is 180 g/mol. The number of nitrogens with two attached hydrogens (primary N) is 1. The second-order valence-corrected chi connectivity index (χ2v) is 3.69. The number of rotatable bonds is 7. The lowest BCUT2D eigenvalue weighted by Crippen LogP contribution is -2.35. The molecule has 2 unspecified atom stereocenters. The number of carbonyl (C=O) groups excluding carboxylic acids is 1. The van der Waals surface area contributed by atoms with E-state index in [4.69, 9.17) is 10.8 Å². The number of nitrogens with one attached hydrogen (secondary N) is 1. The van der Waals surface area contributed by atoms with Crippen LogP contribution in [0.25, 0.3) is 0 Å². The Morgan fingerprint density at radius 3 is 2.64 bits per heavy atom. The minimum atomic E-state index is 0.0308. The van der Waals surface area contributed by atoms with E-state index in [1.807, 2.05) is 13.8 Å². The summed E-state index contributed by atoms with van der Waals surface area (Å²) in [6.07, 6.45) is 2.02. The Morgan fingerprint density at radius 2 is 2.21 bits per heavy atom. The van der Waals surface area contributed by atoms with Crippen LogP contribution in [0.3, 0.4) is 0 Å². The zero-order chi connectivity index (χ0) is 11.0. The highest BCUT2D eigenvalue weighted by molar-refractivity contribution is 5.76. The van der Waals surface area contributed by atoms with Gasteiger partial charge in [0.2, 0.25) is 5.91 Å². The third-order valence-corrected chi connectivity index (χ3v) is 2.35. The van der Waals surface area contributed by atoms with Crippen LogP contribution in [0, 0.1) is 5.92 Å². The highest BCUT2D eigenvalue weighted by Gasteiger charge is 2.12. The fourth-order valence-electron chi connectivity index (χ4n) is 1.26. The summed E-state index contributed by atoms with van der Waals surface area (Å²) in [5.41, 5.74) is 5.50. The van der Waals surface area contributed by atoms with E-state index in [0.717, 1.165) is 6.42 Å². The van der Waals surface area contributed by atoms with Crippen molar-refractivity contribution in [2.24, 2.45) is 11.7 Å². The standard InChI is InChI=1S/C10H22N2O2/c1-3-9(7-11)6-10(14)12-8(2)4-5-13/h8-9,13H,3-7,11H2,1-2H3,(H,12,14). The van der Waals surface area contributed by atoms with Crippen molar-refractivity contribution < 1.29 is 9.90 Å². The normalized spacial score (nSPS) is 14.9. The Balaban J connectivity index is 3.73. The minimum Gasteiger partial charge on any atom is -0.396 e. The smallest absolute Gasteiger partial charge is 0.220 e. The molecule has 2 atom stereocenters. The van der Waals surface area contributed by atoms with Gasteiger partial charge in [-0.25, -0.2) is 0 Å². The van der Waals surface area contributed by atoms with Crippen LogP contribution in [0.2, 0.25) is 0 Å². The monoisotopic (exact) mass is 202 g/mol. The fourth-order valence-corrected chi connectivity index (χ4v) is 1.26. The third kappa shape index (κ3) is 5.94. The van der Waals surface area contributed by atoms with Crippen molar-refractivity contribution in [3.05, 3.63) is 0 Å². The molecule has 0 aromatic heterocycles. The lowest BCUT2D eigenvalue weighted by atomic mass is 10.0. The Labute approximate surface area is 85.9 Å². The first-order chi connectivity index (χ1) is 6.63. The van der Waals surface area contributed by atoms with Crippen LogP contribution in [0.15, 0.2) is 0 Å². The number of carbonyl (C=O) groups is 1. The zero-order valence-corrected chi connectivity index (χ0v) is 9.12. The van der Waals surface area contributed by atoms with Crippen molar-refractivity contribution in [1.29, 1.82) is 0 Å². The fraction of sp³-hybridized carbons (Fsp3) is 0.900. The van der Waals surface area contributed by atoms with Gasteiger partial charge in [-0.3, -0.25) is 4.79 Å². The maximum atomic E-state index is 11.4. The molecule has 0 rings (SSSR count). The molecular formula is C10H22N2O2. The van der Waals surface area contributed by atoms with Gasteiger partial charge in [0.05, 0.1) is 0 Å². The maximum Gasteiger partial charge on any atom is 0.220 e. The summed E-state index contributed by atoms with van der Waals surface area (Å²) in [7, 11) is 0. The van der Waals surface area contributed by atoms with Crippen LogP contribution in [0.4, 0.5) is 0 Å². The largest absolute Gasteiger partial charge is 0.396 e. The van der Waals surface area contributed by atoms with Gasteiger partial charge in [0.1, 0.15) is 0 Å².